The zero-order valence-electron chi connectivity index (χ0n) is 9.70. The summed E-state index contributed by atoms with van der Waals surface area (Å²) in [6.45, 7) is 0.933. The Morgan fingerprint density at radius 3 is 2.72 bits per heavy atom. The summed E-state index contributed by atoms with van der Waals surface area (Å²) >= 11 is 1.43. The number of thiazole rings is 1. The van der Waals surface area contributed by atoms with Crippen molar-refractivity contribution in [2.45, 2.75) is 12.8 Å². The molecule has 1 aromatic heterocycles. The predicted molar refractivity (Wildman–Crippen MR) is 68.9 cm³/mol. The van der Waals surface area contributed by atoms with Gasteiger partial charge in [-0.05, 0) is 0 Å². The smallest absolute Gasteiger partial charge is 0.303 e. The van der Waals surface area contributed by atoms with E-state index in [4.69, 9.17) is 5.11 Å². The van der Waals surface area contributed by atoms with Crippen molar-refractivity contribution in [2.75, 3.05) is 29.5 Å². The molecular weight excluding hydrogens is 276 g/mol. The lowest BCUT2D eigenvalue weighted by Crippen LogP contribution is -2.40. The normalized spacial score (nSPS) is 18.8. The number of anilines is 1. The largest absolute Gasteiger partial charge is 0.481 e. The Hall–Kier alpha value is -1.15. The fourth-order valence-electron chi connectivity index (χ4n) is 1.70. The summed E-state index contributed by atoms with van der Waals surface area (Å²) in [5.74, 6) is -0.512. The number of hydrogen-bond donors (Lipinski definition) is 1. The van der Waals surface area contributed by atoms with Crippen molar-refractivity contribution in [3.63, 3.8) is 0 Å². The van der Waals surface area contributed by atoms with Crippen molar-refractivity contribution in [1.29, 1.82) is 0 Å². The Bertz CT molecular complexity index is 524. The van der Waals surface area contributed by atoms with Crippen molar-refractivity contribution in [3.8, 4) is 0 Å². The lowest BCUT2D eigenvalue weighted by Gasteiger charge is -2.25. The van der Waals surface area contributed by atoms with Crippen LogP contribution in [0.15, 0.2) is 5.38 Å². The monoisotopic (exact) mass is 290 g/mol. The fraction of sp³-hybridized carbons (Fsp3) is 0.600. The van der Waals surface area contributed by atoms with E-state index in [1.807, 2.05) is 10.3 Å². The van der Waals surface area contributed by atoms with Gasteiger partial charge in [-0.1, -0.05) is 0 Å². The van der Waals surface area contributed by atoms with Gasteiger partial charge in [-0.3, -0.25) is 4.79 Å². The quantitative estimate of drug-likeness (QED) is 0.863. The van der Waals surface area contributed by atoms with E-state index in [2.05, 4.69) is 4.98 Å². The number of rotatable bonds is 4. The first-order chi connectivity index (χ1) is 8.46. The molecule has 0 aliphatic carbocycles. The molecule has 0 saturated carbocycles. The van der Waals surface area contributed by atoms with E-state index in [-0.39, 0.29) is 17.9 Å². The van der Waals surface area contributed by atoms with Gasteiger partial charge in [-0.2, -0.15) is 0 Å². The van der Waals surface area contributed by atoms with Crippen LogP contribution >= 0.6 is 11.3 Å². The van der Waals surface area contributed by atoms with Crippen molar-refractivity contribution in [2.24, 2.45) is 0 Å². The molecule has 0 spiro atoms. The maximum atomic E-state index is 11.3. The van der Waals surface area contributed by atoms with Crippen LogP contribution in [0.1, 0.15) is 12.1 Å². The highest BCUT2D eigenvalue weighted by Gasteiger charge is 2.23. The molecule has 2 rings (SSSR count). The molecular formula is C10H14N2O4S2. The van der Waals surface area contributed by atoms with Crippen LogP contribution in [-0.2, 0) is 21.1 Å². The first-order valence-electron chi connectivity index (χ1n) is 5.58. The van der Waals surface area contributed by atoms with Gasteiger partial charge in [0.25, 0.3) is 0 Å². The second-order valence-corrected chi connectivity index (χ2v) is 7.29. The van der Waals surface area contributed by atoms with E-state index >= 15 is 0 Å². The molecule has 0 amide bonds. The summed E-state index contributed by atoms with van der Waals surface area (Å²) < 4.78 is 22.6. The molecule has 0 aromatic carbocycles. The Morgan fingerprint density at radius 2 is 2.11 bits per heavy atom. The van der Waals surface area contributed by atoms with E-state index in [0.29, 0.717) is 19.5 Å². The maximum Gasteiger partial charge on any atom is 0.303 e. The van der Waals surface area contributed by atoms with Crippen LogP contribution in [0.2, 0.25) is 0 Å². The predicted octanol–water partition coefficient (Wildman–Crippen LogP) is 0.395. The molecule has 1 N–H and O–H groups in total. The number of aryl methyl sites for hydroxylation is 1. The van der Waals surface area contributed by atoms with E-state index in [1.54, 1.807) is 0 Å². The Morgan fingerprint density at radius 1 is 1.44 bits per heavy atom. The van der Waals surface area contributed by atoms with E-state index in [9.17, 15) is 13.2 Å². The second-order valence-electron chi connectivity index (χ2n) is 4.15. The van der Waals surface area contributed by atoms with Crippen LogP contribution in [0.4, 0.5) is 5.13 Å². The third-order valence-electron chi connectivity index (χ3n) is 2.75. The number of carboxylic acids is 1. The summed E-state index contributed by atoms with van der Waals surface area (Å²) in [6, 6.07) is 0. The molecule has 1 aliphatic heterocycles. The lowest BCUT2D eigenvalue weighted by atomic mass is 10.2. The van der Waals surface area contributed by atoms with E-state index in [0.717, 1.165) is 10.8 Å². The SMILES string of the molecule is O=C(O)CCc1csc(N2CCS(=O)(=O)CC2)n1. The molecule has 6 nitrogen and oxygen atoms in total. The van der Waals surface area contributed by atoms with Crippen molar-refractivity contribution in [1.82, 2.24) is 4.98 Å². The fourth-order valence-corrected chi connectivity index (χ4v) is 3.81. The molecule has 1 aromatic rings. The Kier molecular flexibility index (Phi) is 3.86. The summed E-state index contributed by atoms with van der Waals surface area (Å²) in [5.41, 5.74) is 0.755. The minimum atomic E-state index is -2.88. The van der Waals surface area contributed by atoms with Crippen molar-refractivity contribution >= 4 is 32.3 Å². The molecule has 2 heterocycles. The summed E-state index contributed by atoms with van der Waals surface area (Å²) in [6.07, 6.45) is 0.482. The molecule has 8 heteroatoms. The minimum absolute atomic E-state index is 0.0670. The maximum absolute atomic E-state index is 11.3. The average Bonchev–Trinajstić information content (AvgIpc) is 2.75. The lowest BCUT2D eigenvalue weighted by molar-refractivity contribution is -0.136. The second kappa shape index (κ2) is 5.23. The number of hydrogen-bond acceptors (Lipinski definition) is 6. The van der Waals surface area contributed by atoms with Crippen LogP contribution in [0.25, 0.3) is 0 Å². The van der Waals surface area contributed by atoms with Gasteiger partial charge in [0.15, 0.2) is 15.0 Å². The number of sulfone groups is 1. The molecule has 0 radical (unpaired) electrons. The summed E-state index contributed by atoms with van der Waals surface area (Å²) in [5, 5.41) is 11.2. The van der Waals surface area contributed by atoms with Gasteiger partial charge in [0, 0.05) is 24.9 Å². The number of aromatic nitrogens is 1. The van der Waals surface area contributed by atoms with Crippen LogP contribution in [0.5, 0.6) is 0 Å². The van der Waals surface area contributed by atoms with E-state index < -0.39 is 15.8 Å². The molecule has 0 unspecified atom stereocenters. The highest BCUT2D eigenvalue weighted by molar-refractivity contribution is 7.91. The van der Waals surface area contributed by atoms with Gasteiger partial charge in [-0.15, -0.1) is 11.3 Å². The number of aliphatic carboxylic acids is 1. The van der Waals surface area contributed by atoms with Crippen LogP contribution in [-0.4, -0.2) is 49.1 Å². The van der Waals surface area contributed by atoms with Crippen molar-refractivity contribution < 1.29 is 18.3 Å². The van der Waals surface area contributed by atoms with Crippen LogP contribution in [0, 0.1) is 0 Å². The standard InChI is InChI=1S/C10H14N2O4S2/c13-9(14)2-1-8-7-17-10(11-8)12-3-5-18(15,16)6-4-12/h7H,1-6H2,(H,13,14). The summed E-state index contributed by atoms with van der Waals surface area (Å²) in [4.78, 5) is 16.7. The zero-order chi connectivity index (χ0) is 13.2. The molecule has 1 saturated heterocycles. The number of carboxylic acid groups (broad SMARTS) is 1. The molecule has 0 bridgehead atoms. The Labute approximate surface area is 109 Å². The first-order valence-corrected chi connectivity index (χ1v) is 8.28. The van der Waals surface area contributed by atoms with Gasteiger partial charge in [0.2, 0.25) is 0 Å². The molecule has 1 aliphatic rings. The van der Waals surface area contributed by atoms with E-state index in [1.165, 1.54) is 11.3 Å². The van der Waals surface area contributed by atoms with Gasteiger partial charge in [0.05, 0.1) is 23.6 Å². The number of carbonyl (C=O) groups is 1. The third-order valence-corrected chi connectivity index (χ3v) is 5.31. The Balaban J connectivity index is 1.96. The zero-order valence-corrected chi connectivity index (χ0v) is 11.3. The first kappa shape index (κ1) is 13.3. The minimum Gasteiger partial charge on any atom is -0.481 e. The summed E-state index contributed by atoms with van der Waals surface area (Å²) in [7, 11) is -2.88. The van der Waals surface area contributed by atoms with Gasteiger partial charge >= 0.3 is 5.97 Å². The number of nitrogens with zero attached hydrogens (tertiary/aromatic N) is 2. The highest BCUT2D eigenvalue weighted by atomic mass is 32.2. The van der Waals surface area contributed by atoms with Gasteiger partial charge in [-0.25, -0.2) is 13.4 Å². The van der Waals surface area contributed by atoms with Crippen LogP contribution in [0.3, 0.4) is 0 Å². The highest BCUT2D eigenvalue weighted by Crippen LogP contribution is 2.22. The van der Waals surface area contributed by atoms with Gasteiger partial charge in [0.1, 0.15) is 0 Å². The molecule has 100 valence electrons. The molecule has 1 fully saturated rings. The molecule has 0 atom stereocenters. The molecule has 18 heavy (non-hydrogen) atoms. The third kappa shape index (κ3) is 3.42. The van der Waals surface area contributed by atoms with Gasteiger partial charge < -0.3 is 10.0 Å². The van der Waals surface area contributed by atoms with Crippen LogP contribution < -0.4 is 4.90 Å². The van der Waals surface area contributed by atoms with Crippen molar-refractivity contribution in [3.05, 3.63) is 11.1 Å². The average molecular weight is 290 g/mol. The topological polar surface area (TPSA) is 87.6 Å².